The van der Waals surface area contributed by atoms with E-state index in [4.69, 9.17) is 5.73 Å². The number of hydrogen-bond donors (Lipinski definition) is 2. The molecule has 22 heavy (non-hydrogen) atoms. The number of rotatable bonds is 2. The van der Waals surface area contributed by atoms with Gasteiger partial charge in [0.15, 0.2) is 5.43 Å². The quantitative estimate of drug-likeness (QED) is 0.892. The maximum absolute atomic E-state index is 14.2. The Morgan fingerprint density at radius 2 is 2.32 bits per heavy atom. The number of nitrogens with zero attached hydrogens (tertiary/aromatic N) is 1. The SMILES string of the molecule is CC1(F)CCC[C@H](c2cc(=O)c3c(C(N)=O)nccc3[nH]2)C1. The Kier molecular flexibility index (Phi) is 3.47. The highest BCUT2D eigenvalue weighted by Crippen LogP contribution is 2.39. The molecule has 6 heteroatoms. The number of aromatic nitrogens is 2. The predicted molar refractivity (Wildman–Crippen MR) is 81.6 cm³/mol. The van der Waals surface area contributed by atoms with Gasteiger partial charge in [0, 0.05) is 23.9 Å². The molecule has 1 amide bonds. The van der Waals surface area contributed by atoms with E-state index in [0.717, 1.165) is 12.8 Å². The van der Waals surface area contributed by atoms with Gasteiger partial charge in [-0.05, 0) is 38.7 Å². The number of aromatic amines is 1. The molecule has 2 aromatic heterocycles. The Balaban J connectivity index is 2.11. The van der Waals surface area contributed by atoms with Crippen LogP contribution in [0.2, 0.25) is 0 Å². The van der Waals surface area contributed by atoms with Gasteiger partial charge < -0.3 is 10.7 Å². The number of nitrogens with two attached hydrogens (primary N) is 1. The summed E-state index contributed by atoms with van der Waals surface area (Å²) in [5.41, 5.74) is 4.93. The van der Waals surface area contributed by atoms with Gasteiger partial charge >= 0.3 is 0 Å². The lowest BCUT2D eigenvalue weighted by Gasteiger charge is -2.32. The number of H-pyrrole nitrogens is 1. The van der Waals surface area contributed by atoms with Crippen molar-refractivity contribution in [3.05, 3.63) is 39.9 Å². The van der Waals surface area contributed by atoms with Gasteiger partial charge in [-0.2, -0.15) is 0 Å². The monoisotopic (exact) mass is 303 g/mol. The Morgan fingerprint density at radius 1 is 1.55 bits per heavy atom. The summed E-state index contributed by atoms with van der Waals surface area (Å²) in [4.78, 5) is 30.8. The van der Waals surface area contributed by atoms with Crippen LogP contribution in [0.5, 0.6) is 0 Å². The van der Waals surface area contributed by atoms with E-state index in [9.17, 15) is 14.0 Å². The van der Waals surface area contributed by atoms with Crippen LogP contribution in [0.25, 0.3) is 10.9 Å². The fourth-order valence-electron chi connectivity index (χ4n) is 3.33. The molecule has 0 spiro atoms. The summed E-state index contributed by atoms with van der Waals surface area (Å²) < 4.78 is 14.2. The smallest absolute Gasteiger partial charge is 0.268 e. The van der Waals surface area contributed by atoms with E-state index < -0.39 is 11.6 Å². The van der Waals surface area contributed by atoms with Crippen molar-refractivity contribution in [1.29, 1.82) is 0 Å². The molecule has 1 saturated carbocycles. The Hall–Kier alpha value is -2.24. The Morgan fingerprint density at radius 3 is 3.00 bits per heavy atom. The largest absolute Gasteiger partial charge is 0.364 e. The first-order valence-corrected chi connectivity index (χ1v) is 7.38. The molecule has 2 atom stereocenters. The standard InChI is InChI=1S/C16H18FN3O2/c1-16(17)5-2-3-9(8-16)11-7-12(21)13-10(20-11)4-6-19-14(13)15(18)22/h4,6-7,9H,2-3,5,8H2,1H3,(H2,18,22)(H,20,21)/t9-,16?/m0/s1. The van der Waals surface area contributed by atoms with Crippen molar-refractivity contribution in [2.45, 2.75) is 44.2 Å². The fourth-order valence-corrected chi connectivity index (χ4v) is 3.33. The van der Waals surface area contributed by atoms with Crippen LogP contribution >= 0.6 is 0 Å². The molecular weight excluding hydrogens is 285 g/mol. The molecule has 3 rings (SSSR count). The minimum atomic E-state index is -1.20. The van der Waals surface area contributed by atoms with Gasteiger partial charge in [0.2, 0.25) is 0 Å². The third-order valence-corrected chi connectivity index (χ3v) is 4.36. The van der Waals surface area contributed by atoms with Crippen LogP contribution in [0.3, 0.4) is 0 Å². The maximum Gasteiger partial charge on any atom is 0.268 e. The number of carbonyl (C=O) groups is 1. The highest BCUT2D eigenvalue weighted by molar-refractivity contribution is 6.03. The zero-order chi connectivity index (χ0) is 15.9. The summed E-state index contributed by atoms with van der Waals surface area (Å²) in [5.74, 6) is -0.760. The average Bonchev–Trinajstić information content (AvgIpc) is 2.45. The molecule has 1 fully saturated rings. The molecule has 3 N–H and O–H groups in total. The van der Waals surface area contributed by atoms with Gasteiger partial charge in [-0.3, -0.25) is 14.6 Å². The number of carbonyl (C=O) groups excluding carboxylic acids is 1. The lowest BCUT2D eigenvalue weighted by Crippen LogP contribution is -2.27. The van der Waals surface area contributed by atoms with E-state index in [1.54, 1.807) is 13.0 Å². The lowest BCUT2D eigenvalue weighted by molar-refractivity contribution is 0.0997. The first kappa shape index (κ1) is 14.7. The summed E-state index contributed by atoms with van der Waals surface area (Å²) in [6.45, 7) is 1.60. The first-order chi connectivity index (χ1) is 10.4. The summed E-state index contributed by atoms with van der Waals surface area (Å²) in [7, 11) is 0. The molecule has 0 bridgehead atoms. The van der Waals surface area contributed by atoms with Crippen LogP contribution in [0.4, 0.5) is 4.39 Å². The zero-order valence-electron chi connectivity index (χ0n) is 12.4. The van der Waals surface area contributed by atoms with Crippen LogP contribution in [0.15, 0.2) is 23.1 Å². The second kappa shape index (κ2) is 5.19. The van der Waals surface area contributed by atoms with E-state index in [1.165, 1.54) is 12.3 Å². The summed E-state index contributed by atoms with van der Waals surface area (Å²) >= 11 is 0. The van der Waals surface area contributed by atoms with Crippen LogP contribution in [-0.4, -0.2) is 21.5 Å². The van der Waals surface area contributed by atoms with E-state index >= 15 is 0 Å². The van der Waals surface area contributed by atoms with E-state index in [1.807, 2.05) is 0 Å². The van der Waals surface area contributed by atoms with Crippen LogP contribution in [0.1, 0.15) is 54.7 Å². The molecule has 0 radical (unpaired) electrons. The van der Waals surface area contributed by atoms with Gasteiger partial charge in [-0.25, -0.2) is 4.39 Å². The van der Waals surface area contributed by atoms with Crippen LogP contribution in [-0.2, 0) is 0 Å². The number of alkyl halides is 1. The third-order valence-electron chi connectivity index (χ3n) is 4.36. The molecule has 1 aliphatic rings. The Bertz CT molecular complexity index is 798. The number of amides is 1. The normalized spacial score (nSPS) is 25.3. The molecule has 1 aliphatic carbocycles. The molecular formula is C16H18FN3O2. The van der Waals surface area contributed by atoms with E-state index in [-0.39, 0.29) is 22.4 Å². The van der Waals surface area contributed by atoms with Crippen molar-refractivity contribution >= 4 is 16.8 Å². The number of hydrogen-bond acceptors (Lipinski definition) is 3. The molecule has 2 aromatic rings. The number of halogens is 1. The molecule has 0 aromatic carbocycles. The number of fused-ring (bicyclic) bond motifs is 1. The lowest BCUT2D eigenvalue weighted by atomic mass is 9.78. The van der Waals surface area contributed by atoms with Crippen LogP contribution < -0.4 is 11.2 Å². The molecule has 1 unspecified atom stereocenters. The van der Waals surface area contributed by atoms with Gasteiger partial charge in [0.1, 0.15) is 11.4 Å². The van der Waals surface area contributed by atoms with Gasteiger partial charge in [0.25, 0.3) is 5.91 Å². The topological polar surface area (TPSA) is 88.8 Å². The van der Waals surface area contributed by atoms with Gasteiger partial charge in [-0.1, -0.05) is 0 Å². The third kappa shape index (κ3) is 2.61. The van der Waals surface area contributed by atoms with E-state index in [2.05, 4.69) is 9.97 Å². The van der Waals surface area contributed by atoms with Crippen molar-refractivity contribution in [1.82, 2.24) is 9.97 Å². The minimum Gasteiger partial charge on any atom is -0.364 e. The number of nitrogens with one attached hydrogen (secondary N) is 1. The second-order valence-electron chi connectivity index (χ2n) is 6.24. The van der Waals surface area contributed by atoms with Crippen molar-refractivity contribution in [2.75, 3.05) is 0 Å². The summed E-state index contributed by atoms with van der Waals surface area (Å²) in [6.07, 6.45) is 4.01. The molecule has 0 saturated heterocycles. The number of primary amides is 1. The number of pyridine rings is 2. The van der Waals surface area contributed by atoms with Crippen molar-refractivity contribution < 1.29 is 9.18 Å². The summed E-state index contributed by atoms with van der Waals surface area (Å²) in [6, 6.07) is 3.08. The van der Waals surface area contributed by atoms with Gasteiger partial charge in [0.05, 0.1) is 10.9 Å². The predicted octanol–water partition coefficient (Wildman–Crippen LogP) is 2.41. The fraction of sp³-hybridized carbons (Fsp3) is 0.438. The molecule has 0 aliphatic heterocycles. The average molecular weight is 303 g/mol. The molecule has 5 nitrogen and oxygen atoms in total. The van der Waals surface area contributed by atoms with Crippen molar-refractivity contribution in [2.24, 2.45) is 5.73 Å². The van der Waals surface area contributed by atoms with Crippen molar-refractivity contribution in [3.63, 3.8) is 0 Å². The minimum absolute atomic E-state index is 0.0222. The van der Waals surface area contributed by atoms with Gasteiger partial charge in [-0.15, -0.1) is 0 Å². The zero-order valence-corrected chi connectivity index (χ0v) is 12.4. The van der Waals surface area contributed by atoms with E-state index in [0.29, 0.717) is 24.1 Å². The summed E-state index contributed by atoms with van der Waals surface area (Å²) in [5, 5.41) is 0.192. The molecule has 2 heterocycles. The first-order valence-electron chi connectivity index (χ1n) is 7.38. The van der Waals surface area contributed by atoms with Crippen molar-refractivity contribution in [3.8, 4) is 0 Å². The van der Waals surface area contributed by atoms with Crippen LogP contribution in [0, 0.1) is 0 Å². The highest BCUT2D eigenvalue weighted by atomic mass is 19.1. The maximum atomic E-state index is 14.2. The highest BCUT2D eigenvalue weighted by Gasteiger charge is 2.33. The Labute approximate surface area is 126 Å². The second-order valence-corrected chi connectivity index (χ2v) is 6.24. The molecule has 116 valence electrons.